The van der Waals surface area contributed by atoms with Crippen molar-refractivity contribution in [3.8, 4) is 0 Å². The molecule has 0 radical (unpaired) electrons. The summed E-state index contributed by atoms with van der Waals surface area (Å²) in [6, 6.07) is 0. The van der Waals surface area contributed by atoms with Gasteiger partial charge in [0.05, 0.1) is 5.54 Å². The van der Waals surface area contributed by atoms with Crippen LogP contribution >= 0.6 is 23.1 Å². The minimum Gasteiger partial charge on any atom is -0.318 e. The number of hydrogen-bond donors (Lipinski definition) is 1. The van der Waals surface area contributed by atoms with E-state index in [9.17, 15) is 0 Å². The maximum atomic E-state index is 6.60. The van der Waals surface area contributed by atoms with Crippen molar-refractivity contribution in [2.45, 2.75) is 32.7 Å². The first-order valence-corrected chi connectivity index (χ1v) is 7.28. The summed E-state index contributed by atoms with van der Waals surface area (Å²) >= 11 is 3.66. The molecule has 15 heavy (non-hydrogen) atoms. The zero-order chi connectivity index (χ0) is 11.1. The third-order valence-corrected chi connectivity index (χ3v) is 5.70. The van der Waals surface area contributed by atoms with E-state index in [0.29, 0.717) is 0 Å². The van der Waals surface area contributed by atoms with E-state index in [4.69, 9.17) is 5.73 Å². The molecule has 1 saturated heterocycles. The van der Waals surface area contributed by atoms with Crippen molar-refractivity contribution in [1.82, 2.24) is 4.98 Å². The molecule has 2 nitrogen and oxygen atoms in total. The largest absolute Gasteiger partial charge is 0.318 e. The zero-order valence-electron chi connectivity index (χ0n) is 9.54. The Bertz CT molecular complexity index is 359. The van der Waals surface area contributed by atoms with E-state index in [1.54, 1.807) is 11.3 Å². The SMILES string of the molecule is Cc1csc(C2(N)CSCCC2(C)C)n1. The second-order valence-electron chi connectivity index (χ2n) is 4.95. The van der Waals surface area contributed by atoms with Gasteiger partial charge in [0.1, 0.15) is 5.01 Å². The maximum Gasteiger partial charge on any atom is 0.114 e. The number of hydrogen-bond acceptors (Lipinski definition) is 4. The molecular formula is C11H18N2S2. The molecule has 1 unspecified atom stereocenters. The second kappa shape index (κ2) is 3.75. The van der Waals surface area contributed by atoms with Gasteiger partial charge in [0.25, 0.3) is 0 Å². The number of nitrogens with two attached hydrogens (primary N) is 1. The van der Waals surface area contributed by atoms with Crippen molar-refractivity contribution in [2.24, 2.45) is 11.1 Å². The van der Waals surface area contributed by atoms with Gasteiger partial charge in [-0.1, -0.05) is 13.8 Å². The molecule has 84 valence electrons. The van der Waals surface area contributed by atoms with Gasteiger partial charge in [-0.3, -0.25) is 0 Å². The normalized spacial score (nSPS) is 30.4. The van der Waals surface area contributed by atoms with Crippen LogP contribution in [0.5, 0.6) is 0 Å². The molecule has 1 aromatic rings. The Morgan fingerprint density at radius 2 is 2.20 bits per heavy atom. The highest BCUT2D eigenvalue weighted by molar-refractivity contribution is 7.99. The van der Waals surface area contributed by atoms with Crippen molar-refractivity contribution in [2.75, 3.05) is 11.5 Å². The van der Waals surface area contributed by atoms with E-state index in [1.807, 2.05) is 18.7 Å². The van der Waals surface area contributed by atoms with Gasteiger partial charge in [-0.2, -0.15) is 11.8 Å². The van der Waals surface area contributed by atoms with Gasteiger partial charge in [0, 0.05) is 16.8 Å². The molecule has 0 bridgehead atoms. The molecule has 0 aromatic carbocycles. The minimum absolute atomic E-state index is 0.155. The summed E-state index contributed by atoms with van der Waals surface area (Å²) in [4.78, 5) is 4.58. The predicted octanol–water partition coefficient (Wildman–Crippen LogP) is 2.77. The zero-order valence-corrected chi connectivity index (χ0v) is 11.2. The predicted molar refractivity (Wildman–Crippen MR) is 68.4 cm³/mol. The smallest absolute Gasteiger partial charge is 0.114 e. The van der Waals surface area contributed by atoms with Crippen LogP contribution in [0.2, 0.25) is 0 Å². The van der Waals surface area contributed by atoms with Gasteiger partial charge in [-0.15, -0.1) is 11.3 Å². The molecule has 1 aliphatic rings. The molecular weight excluding hydrogens is 224 g/mol. The first-order valence-electron chi connectivity index (χ1n) is 5.25. The molecule has 1 aromatic heterocycles. The molecule has 2 rings (SSSR count). The number of aromatic nitrogens is 1. The molecule has 1 atom stereocenters. The lowest BCUT2D eigenvalue weighted by atomic mass is 9.72. The Labute approximate surface area is 99.7 Å². The van der Waals surface area contributed by atoms with Crippen LogP contribution in [0, 0.1) is 12.3 Å². The lowest BCUT2D eigenvalue weighted by molar-refractivity contribution is 0.175. The average Bonchev–Trinajstić information content (AvgIpc) is 2.58. The van der Waals surface area contributed by atoms with Crippen LogP contribution in [-0.4, -0.2) is 16.5 Å². The van der Waals surface area contributed by atoms with E-state index in [1.165, 1.54) is 12.2 Å². The van der Waals surface area contributed by atoms with E-state index >= 15 is 0 Å². The van der Waals surface area contributed by atoms with Crippen LogP contribution in [0.4, 0.5) is 0 Å². The third kappa shape index (κ3) is 1.83. The van der Waals surface area contributed by atoms with Crippen molar-refractivity contribution in [1.29, 1.82) is 0 Å². The van der Waals surface area contributed by atoms with Gasteiger partial charge >= 0.3 is 0 Å². The Balaban J connectivity index is 2.39. The van der Waals surface area contributed by atoms with E-state index in [-0.39, 0.29) is 11.0 Å². The Morgan fingerprint density at radius 1 is 1.47 bits per heavy atom. The van der Waals surface area contributed by atoms with Gasteiger partial charge in [-0.25, -0.2) is 4.98 Å². The Hall–Kier alpha value is -0.0600. The summed E-state index contributed by atoms with van der Waals surface area (Å²) in [5.41, 5.74) is 7.60. The van der Waals surface area contributed by atoms with Gasteiger partial charge in [0.2, 0.25) is 0 Å². The van der Waals surface area contributed by atoms with Crippen molar-refractivity contribution in [3.63, 3.8) is 0 Å². The third-order valence-electron chi connectivity index (χ3n) is 3.41. The molecule has 1 aliphatic heterocycles. The fraction of sp³-hybridized carbons (Fsp3) is 0.727. The van der Waals surface area contributed by atoms with Crippen LogP contribution in [0.1, 0.15) is 31.0 Å². The molecule has 4 heteroatoms. The number of thiazole rings is 1. The fourth-order valence-electron chi connectivity index (χ4n) is 1.89. The number of thioether (sulfide) groups is 1. The summed E-state index contributed by atoms with van der Waals surface area (Å²) in [6.07, 6.45) is 1.17. The van der Waals surface area contributed by atoms with Crippen LogP contribution < -0.4 is 5.73 Å². The van der Waals surface area contributed by atoms with E-state index in [2.05, 4.69) is 24.2 Å². The molecule has 0 spiro atoms. The highest BCUT2D eigenvalue weighted by atomic mass is 32.2. The van der Waals surface area contributed by atoms with Crippen molar-refractivity contribution < 1.29 is 0 Å². The molecule has 0 aliphatic carbocycles. The Morgan fingerprint density at radius 3 is 2.73 bits per heavy atom. The molecule has 1 fully saturated rings. The molecule has 0 amide bonds. The average molecular weight is 242 g/mol. The van der Waals surface area contributed by atoms with Crippen LogP contribution in [0.25, 0.3) is 0 Å². The lowest BCUT2D eigenvalue weighted by Gasteiger charge is -2.46. The van der Waals surface area contributed by atoms with E-state index in [0.717, 1.165) is 16.5 Å². The monoisotopic (exact) mass is 242 g/mol. The van der Waals surface area contributed by atoms with Gasteiger partial charge < -0.3 is 5.73 Å². The fourth-order valence-corrected chi connectivity index (χ4v) is 4.72. The highest BCUT2D eigenvalue weighted by Crippen LogP contribution is 2.47. The highest BCUT2D eigenvalue weighted by Gasteiger charge is 2.47. The van der Waals surface area contributed by atoms with Crippen molar-refractivity contribution in [3.05, 3.63) is 16.1 Å². The van der Waals surface area contributed by atoms with Crippen molar-refractivity contribution >= 4 is 23.1 Å². The minimum atomic E-state index is -0.241. The second-order valence-corrected chi connectivity index (χ2v) is 6.92. The number of rotatable bonds is 1. The van der Waals surface area contributed by atoms with E-state index < -0.39 is 0 Å². The summed E-state index contributed by atoms with van der Waals surface area (Å²) in [5, 5.41) is 3.21. The molecule has 0 saturated carbocycles. The number of aryl methyl sites for hydroxylation is 1. The topological polar surface area (TPSA) is 38.9 Å². The molecule has 2 N–H and O–H groups in total. The first-order chi connectivity index (χ1) is 6.96. The maximum absolute atomic E-state index is 6.60. The standard InChI is InChI=1S/C11H18N2S2/c1-8-6-15-9(13-8)11(12)7-14-5-4-10(11,2)3/h6H,4-5,7,12H2,1-3H3. The van der Waals surface area contributed by atoms with Gasteiger partial charge in [0.15, 0.2) is 0 Å². The Kier molecular flexibility index (Phi) is 2.86. The summed E-state index contributed by atoms with van der Waals surface area (Å²) < 4.78 is 0. The quantitative estimate of drug-likeness (QED) is 0.823. The molecule has 2 heterocycles. The first kappa shape index (κ1) is 11.4. The lowest BCUT2D eigenvalue weighted by Crippen LogP contribution is -2.54. The van der Waals surface area contributed by atoms with Crippen LogP contribution in [0.3, 0.4) is 0 Å². The van der Waals surface area contributed by atoms with Crippen LogP contribution in [-0.2, 0) is 5.54 Å². The summed E-state index contributed by atoms with van der Waals surface area (Å²) in [7, 11) is 0. The summed E-state index contributed by atoms with van der Waals surface area (Å²) in [5.74, 6) is 2.21. The summed E-state index contributed by atoms with van der Waals surface area (Å²) in [6.45, 7) is 6.57. The van der Waals surface area contributed by atoms with Crippen LogP contribution in [0.15, 0.2) is 5.38 Å². The number of nitrogens with zero attached hydrogens (tertiary/aromatic N) is 1. The van der Waals surface area contributed by atoms with Gasteiger partial charge in [-0.05, 0) is 24.5 Å².